The fraction of sp³-hybridized carbons (Fsp3) is 0.644. The molecular weight excluding hydrogens is 805 g/mol. The van der Waals surface area contributed by atoms with Gasteiger partial charge in [0, 0.05) is 19.3 Å². The predicted molar refractivity (Wildman–Crippen MR) is 279 cm³/mol. The molecule has 6 heteroatoms. The standard InChI is InChI=1S/C59H96O6/c1-4-7-10-13-16-19-22-24-26-28-29-31-32-34-37-40-43-46-49-52-58(61)64-55-56(54-63-57(60)51-48-45-42-39-36-21-18-15-12-9-6-3)65-59(62)53-50-47-44-41-38-35-33-30-27-25-23-20-17-14-11-8-5-2/h8,11,15-22,24-25,27,33,35-36,41,44,56H,4-7,9-10,12-14,23,26,28-32,34,37-40,42-43,45-55H2,1-3H3/b11-8-,18-15-,19-16-,20-17-,24-22-,27-25-,35-33-,36-21-,44-41-. The Morgan fingerprint density at radius 1 is 0.338 bits per heavy atom. The van der Waals surface area contributed by atoms with Gasteiger partial charge in [0.1, 0.15) is 13.2 Å². The molecule has 0 aliphatic heterocycles. The number of ether oxygens (including phenoxy) is 3. The second-order valence-electron chi connectivity index (χ2n) is 17.1. The maximum atomic E-state index is 12.8. The number of esters is 3. The van der Waals surface area contributed by atoms with Crippen molar-refractivity contribution >= 4 is 17.9 Å². The third-order valence-corrected chi connectivity index (χ3v) is 10.8. The molecule has 0 saturated carbocycles. The number of hydrogen-bond donors (Lipinski definition) is 0. The van der Waals surface area contributed by atoms with Gasteiger partial charge in [0.2, 0.25) is 0 Å². The van der Waals surface area contributed by atoms with Gasteiger partial charge in [-0.25, -0.2) is 0 Å². The lowest BCUT2D eigenvalue weighted by Crippen LogP contribution is -2.30. The molecule has 0 aromatic heterocycles. The monoisotopic (exact) mass is 901 g/mol. The average Bonchev–Trinajstić information content (AvgIpc) is 3.30. The molecule has 0 aromatic carbocycles. The number of carbonyl (C=O) groups is 3. The third kappa shape index (κ3) is 50.9. The van der Waals surface area contributed by atoms with Crippen LogP contribution in [0, 0.1) is 0 Å². The minimum atomic E-state index is -0.821. The van der Waals surface area contributed by atoms with Gasteiger partial charge in [-0.1, -0.05) is 214 Å². The van der Waals surface area contributed by atoms with E-state index in [4.69, 9.17) is 14.2 Å². The summed E-state index contributed by atoms with van der Waals surface area (Å²) in [6, 6.07) is 0. The zero-order valence-corrected chi connectivity index (χ0v) is 42.0. The van der Waals surface area contributed by atoms with Crippen molar-refractivity contribution in [1.29, 1.82) is 0 Å². The molecule has 0 rings (SSSR count). The van der Waals surface area contributed by atoms with Gasteiger partial charge in [-0.05, 0) is 103 Å². The zero-order chi connectivity index (χ0) is 47.2. The highest BCUT2D eigenvalue weighted by molar-refractivity contribution is 5.71. The molecule has 0 amide bonds. The summed E-state index contributed by atoms with van der Waals surface area (Å²) in [5.41, 5.74) is 0. The van der Waals surface area contributed by atoms with E-state index in [-0.39, 0.29) is 37.5 Å². The van der Waals surface area contributed by atoms with E-state index in [0.717, 1.165) is 89.9 Å². The van der Waals surface area contributed by atoms with E-state index in [1.54, 1.807) is 0 Å². The molecule has 6 nitrogen and oxygen atoms in total. The Morgan fingerprint density at radius 2 is 0.677 bits per heavy atom. The third-order valence-electron chi connectivity index (χ3n) is 10.8. The van der Waals surface area contributed by atoms with Crippen LogP contribution >= 0.6 is 0 Å². The van der Waals surface area contributed by atoms with Crippen LogP contribution in [-0.4, -0.2) is 37.2 Å². The molecule has 0 spiro atoms. The first-order chi connectivity index (χ1) is 32.0. The molecule has 0 N–H and O–H groups in total. The largest absolute Gasteiger partial charge is 0.462 e. The molecule has 0 radical (unpaired) electrons. The van der Waals surface area contributed by atoms with Crippen LogP contribution in [0.4, 0.5) is 0 Å². The van der Waals surface area contributed by atoms with Crippen LogP contribution < -0.4 is 0 Å². The summed E-state index contributed by atoms with van der Waals surface area (Å²) >= 11 is 0. The lowest BCUT2D eigenvalue weighted by atomic mass is 10.1. The van der Waals surface area contributed by atoms with Crippen LogP contribution in [-0.2, 0) is 28.6 Å². The second kappa shape index (κ2) is 52.7. The molecule has 0 aliphatic carbocycles. The van der Waals surface area contributed by atoms with E-state index >= 15 is 0 Å². The van der Waals surface area contributed by atoms with E-state index in [9.17, 15) is 14.4 Å². The highest BCUT2D eigenvalue weighted by Crippen LogP contribution is 2.14. The quantitative estimate of drug-likeness (QED) is 0.0199. The molecule has 0 heterocycles. The van der Waals surface area contributed by atoms with Crippen molar-refractivity contribution in [1.82, 2.24) is 0 Å². The summed E-state index contributed by atoms with van der Waals surface area (Å²) in [6.45, 7) is 6.36. The van der Waals surface area contributed by atoms with Gasteiger partial charge < -0.3 is 14.2 Å². The Kier molecular flexibility index (Phi) is 49.5. The van der Waals surface area contributed by atoms with Gasteiger partial charge in [-0.3, -0.25) is 14.4 Å². The van der Waals surface area contributed by atoms with Crippen molar-refractivity contribution in [2.45, 2.75) is 232 Å². The van der Waals surface area contributed by atoms with Crippen molar-refractivity contribution in [2.24, 2.45) is 0 Å². The highest BCUT2D eigenvalue weighted by Gasteiger charge is 2.19. The smallest absolute Gasteiger partial charge is 0.306 e. The lowest BCUT2D eigenvalue weighted by Gasteiger charge is -2.18. The Bertz CT molecular complexity index is 1360. The van der Waals surface area contributed by atoms with Gasteiger partial charge in [0.05, 0.1) is 0 Å². The minimum Gasteiger partial charge on any atom is -0.462 e. The summed E-state index contributed by atoms with van der Waals surface area (Å²) in [5.74, 6) is -1.01. The topological polar surface area (TPSA) is 78.9 Å². The lowest BCUT2D eigenvalue weighted by molar-refractivity contribution is -0.167. The van der Waals surface area contributed by atoms with E-state index in [0.29, 0.717) is 19.3 Å². The molecule has 0 bridgehead atoms. The Labute approximate surface area is 400 Å². The SMILES string of the molecule is CC/C=C\C/C=C\C/C=C\C/C=C\C/C=C\CCCC(=O)OC(COC(=O)CCCCC/C=C\C=C/CCCC)COC(=O)CCCCCCCCCCCC/C=C\C=C/CCCCC. The van der Waals surface area contributed by atoms with Gasteiger partial charge >= 0.3 is 17.9 Å². The summed E-state index contributed by atoms with van der Waals surface area (Å²) < 4.78 is 16.7. The zero-order valence-electron chi connectivity index (χ0n) is 42.0. The predicted octanol–water partition coefficient (Wildman–Crippen LogP) is 17.5. The van der Waals surface area contributed by atoms with Crippen LogP contribution in [0.3, 0.4) is 0 Å². The van der Waals surface area contributed by atoms with Crippen molar-refractivity contribution in [3.05, 3.63) is 109 Å². The first kappa shape index (κ1) is 61.1. The molecule has 0 fully saturated rings. The highest BCUT2D eigenvalue weighted by atomic mass is 16.6. The van der Waals surface area contributed by atoms with Crippen LogP contribution in [0.25, 0.3) is 0 Å². The van der Waals surface area contributed by atoms with Crippen molar-refractivity contribution in [2.75, 3.05) is 13.2 Å². The fourth-order valence-corrected chi connectivity index (χ4v) is 6.80. The molecule has 1 atom stereocenters. The number of unbranched alkanes of at least 4 members (excludes halogenated alkanes) is 19. The Morgan fingerprint density at radius 3 is 1.12 bits per heavy atom. The molecule has 0 aliphatic rings. The van der Waals surface area contributed by atoms with E-state index in [1.165, 1.54) is 89.9 Å². The van der Waals surface area contributed by atoms with E-state index in [1.807, 2.05) is 0 Å². The van der Waals surface area contributed by atoms with E-state index in [2.05, 4.69) is 130 Å². The Hall–Kier alpha value is -3.93. The normalized spacial score (nSPS) is 13.0. The fourth-order valence-electron chi connectivity index (χ4n) is 6.80. The molecule has 0 saturated heterocycles. The molecular formula is C59H96O6. The van der Waals surface area contributed by atoms with Gasteiger partial charge in [-0.2, -0.15) is 0 Å². The minimum absolute atomic E-state index is 0.113. The number of hydrogen-bond acceptors (Lipinski definition) is 6. The summed E-state index contributed by atoms with van der Waals surface area (Å²) in [5, 5.41) is 0. The van der Waals surface area contributed by atoms with Crippen LogP contribution in [0.1, 0.15) is 226 Å². The molecule has 0 aromatic rings. The number of rotatable bonds is 46. The maximum Gasteiger partial charge on any atom is 0.306 e. The van der Waals surface area contributed by atoms with Gasteiger partial charge in [0.15, 0.2) is 6.10 Å². The first-order valence-corrected chi connectivity index (χ1v) is 26.4. The van der Waals surface area contributed by atoms with Crippen LogP contribution in [0.5, 0.6) is 0 Å². The van der Waals surface area contributed by atoms with Crippen molar-refractivity contribution < 1.29 is 28.6 Å². The summed E-state index contributed by atoms with van der Waals surface area (Å²) in [4.78, 5) is 38.0. The van der Waals surface area contributed by atoms with Crippen LogP contribution in [0.15, 0.2) is 109 Å². The number of carbonyl (C=O) groups excluding carboxylic acids is 3. The van der Waals surface area contributed by atoms with Gasteiger partial charge in [0.25, 0.3) is 0 Å². The van der Waals surface area contributed by atoms with Crippen LogP contribution in [0.2, 0.25) is 0 Å². The number of allylic oxidation sites excluding steroid dienone is 18. The second-order valence-corrected chi connectivity index (χ2v) is 17.1. The van der Waals surface area contributed by atoms with Crippen molar-refractivity contribution in [3.8, 4) is 0 Å². The van der Waals surface area contributed by atoms with E-state index < -0.39 is 6.10 Å². The molecule has 1 unspecified atom stereocenters. The van der Waals surface area contributed by atoms with Crippen molar-refractivity contribution in [3.63, 3.8) is 0 Å². The summed E-state index contributed by atoms with van der Waals surface area (Å²) in [6.07, 6.45) is 70.8. The average molecular weight is 901 g/mol. The first-order valence-electron chi connectivity index (χ1n) is 26.4. The maximum absolute atomic E-state index is 12.8. The summed E-state index contributed by atoms with van der Waals surface area (Å²) in [7, 11) is 0. The molecule has 65 heavy (non-hydrogen) atoms. The van der Waals surface area contributed by atoms with Gasteiger partial charge in [-0.15, -0.1) is 0 Å². The Balaban J connectivity index is 4.47. The molecule has 368 valence electrons.